The molecule has 2 N–H and O–H groups in total. The highest BCUT2D eigenvalue weighted by Crippen LogP contribution is 2.30. The maximum Gasteiger partial charge on any atom is 0.255 e. The molecular weight excluding hydrogens is 356 g/mol. The predicted molar refractivity (Wildman–Crippen MR) is 107 cm³/mol. The van der Waals surface area contributed by atoms with Gasteiger partial charge in [0.2, 0.25) is 5.91 Å². The average Bonchev–Trinajstić information content (AvgIpc) is 3.18. The van der Waals surface area contributed by atoms with Crippen LogP contribution in [0.1, 0.15) is 37.6 Å². The second-order valence-corrected chi connectivity index (χ2v) is 8.35. The standard InChI is InChI=1S/C20H26N6O2/c1-5-16(27)26-7-6-25(11-20(26,3)4)15-10-22-18-17(24-15)13(9-21-18)19(28)23-14-8-12(14)2/h5,9-10,12,14H,1,6-8,11H2,2-4H3,(H,21,22)(H,23,28)/t12-,14-/m1/s1. The first-order chi connectivity index (χ1) is 13.3. The first-order valence-electron chi connectivity index (χ1n) is 9.64. The smallest absolute Gasteiger partial charge is 0.255 e. The van der Waals surface area contributed by atoms with Crippen molar-refractivity contribution in [2.45, 2.75) is 38.8 Å². The molecule has 1 saturated heterocycles. The van der Waals surface area contributed by atoms with Crippen LogP contribution in [0.4, 0.5) is 5.82 Å². The first kappa shape index (κ1) is 18.5. The van der Waals surface area contributed by atoms with Gasteiger partial charge in [-0.3, -0.25) is 9.59 Å². The Kier molecular flexibility index (Phi) is 4.36. The molecule has 0 aromatic carbocycles. The summed E-state index contributed by atoms with van der Waals surface area (Å²) in [5, 5.41) is 3.04. The van der Waals surface area contributed by atoms with Gasteiger partial charge in [0.05, 0.1) is 17.3 Å². The summed E-state index contributed by atoms with van der Waals surface area (Å²) < 4.78 is 0. The first-order valence-corrected chi connectivity index (χ1v) is 9.64. The van der Waals surface area contributed by atoms with Gasteiger partial charge in [0.15, 0.2) is 5.65 Å². The number of hydrogen-bond acceptors (Lipinski definition) is 5. The summed E-state index contributed by atoms with van der Waals surface area (Å²) in [5.41, 5.74) is 1.33. The second kappa shape index (κ2) is 6.61. The SMILES string of the molecule is C=CC(=O)N1CCN(c2cnc3[nH]cc(C(=O)N[C@@H]4C[C@H]4C)c3n2)CC1(C)C. The lowest BCUT2D eigenvalue weighted by Gasteiger charge is -2.47. The molecule has 2 amide bonds. The quantitative estimate of drug-likeness (QED) is 0.785. The fraction of sp³-hybridized carbons (Fsp3) is 0.500. The van der Waals surface area contributed by atoms with E-state index in [1.807, 2.05) is 18.7 Å². The molecule has 8 heteroatoms. The Hall–Kier alpha value is -2.90. The van der Waals surface area contributed by atoms with Gasteiger partial charge in [-0.15, -0.1) is 0 Å². The monoisotopic (exact) mass is 382 g/mol. The summed E-state index contributed by atoms with van der Waals surface area (Å²) in [6, 6.07) is 0.255. The summed E-state index contributed by atoms with van der Waals surface area (Å²) in [6.07, 6.45) is 5.76. The van der Waals surface area contributed by atoms with Crippen LogP contribution in [-0.2, 0) is 4.79 Å². The molecule has 0 bridgehead atoms. The van der Waals surface area contributed by atoms with E-state index in [0.29, 0.717) is 48.1 Å². The van der Waals surface area contributed by atoms with E-state index in [4.69, 9.17) is 4.98 Å². The number of carbonyl (C=O) groups is 2. The van der Waals surface area contributed by atoms with Crippen molar-refractivity contribution in [1.82, 2.24) is 25.2 Å². The zero-order chi connectivity index (χ0) is 20.1. The van der Waals surface area contributed by atoms with Crippen molar-refractivity contribution >= 4 is 28.8 Å². The number of rotatable bonds is 4. The van der Waals surface area contributed by atoms with Crippen molar-refractivity contribution in [3.05, 3.63) is 30.6 Å². The number of amides is 2. The predicted octanol–water partition coefficient (Wildman–Crippen LogP) is 1.71. The van der Waals surface area contributed by atoms with Gasteiger partial charge in [-0.25, -0.2) is 9.97 Å². The molecule has 2 fully saturated rings. The Morgan fingerprint density at radius 1 is 1.39 bits per heavy atom. The van der Waals surface area contributed by atoms with Crippen molar-refractivity contribution in [2.24, 2.45) is 5.92 Å². The molecule has 1 aliphatic heterocycles. The Morgan fingerprint density at radius 3 is 2.79 bits per heavy atom. The molecule has 1 aliphatic carbocycles. The number of H-pyrrole nitrogens is 1. The van der Waals surface area contributed by atoms with Gasteiger partial charge in [0, 0.05) is 31.9 Å². The van der Waals surface area contributed by atoms with E-state index in [2.05, 4.69) is 33.7 Å². The normalized spacial score (nSPS) is 23.5. The van der Waals surface area contributed by atoms with Crippen molar-refractivity contribution in [3.8, 4) is 0 Å². The Labute approximate surface area is 164 Å². The molecule has 2 aromatic heterocycles. The zero-order valence-electron chi connectivity index (χ0n) is 16.5. The number of nitrogens with zero attached hydrogens (tertiary/aromatic N) is 4. The fourth-order valence-corrected chi connectivity index (χ4v) is 3.85. The maximum atomic E-state index is 12.6. The van der Waals surface area contributed by atoms with E-state index < -0.39 is 0 Å². The van der Waals surface area contributed by atoms with Crippen molar-refractivity contribution in [1.29, 1.82) is 0 Å². The molecule has 0 unspecified atom stereocenters. The third kappa shape index (κ3) is 3.23. The second-order valence-electron chi connectivity index (χ2n) is 8.35. The number of aromatic nitrogens is 3. The van der Waals surface area contributed by atoms with Gasteiger partial charge in [0.25, 0.3) is 5.91 Å². The van der Waals surface area contributed by atoms with Gasteiger partial charge in [-0.1, -0.05) is 13.5 Å². The lowest BCUT2D eigenvalue weighted by atomic mass is 9.98. The van der Waals surface area contributed by atoms with Gasteiger partial charge in [-0.2, -0.15) is 0 Å². The molecular formula is C20H26N6O2. The molecule has 0 spiro atoms. The number of fused-ring (bicyclic) bond motifs is 1. The summed E-state index contributed by atoms with van der Waals surface area (Å²) in [5.74, 6) is 1.06. The van der Waals surface area contributed by atoms with Crippen LogP contribution >= 0.6 is 0 Å². The van der Waals surface area contributed by atoms with Crippen molar-refractivity contribution in [2.75, 3.05) is 24.5 Å². The number of nitrogens with one attached hydrogen (secondary N) is 2. The summed E-state index contributed by atoms with van der Waals surface area (Å²) in [6.45, 7) is 11.6. The molecule has 8 nitrogen and oxygen atoms in total. The minimum absolute atomic E-state index is 0.0647. The molecule has 4 rings (SSSR count). The zero-order valence-corrected chi connectivity index (χ0v) is 16.5. The van der Waals surface area contributed by atoms with E-state index >= 15 is 0 Å². The summed E-state index contributed by atoms with van der Waals surface area (Å²) in [4.78, 5) is 40.9. The van der Waals surface area contributed by atoms with Crippen LogP contribution in [0, 0.1) is 5.92 Å². The molecule has 2 atom stereocenters. The van der Waals surface area contributed by atoms with Crippen LogP contribution in [0.3, 0.4) is 0 Å². The van der Waals surface area contributed by atoms with E-state index in [0.717, 1.165) is 6.42 Å². The highest BCUT2D eigenvalue weighted by molar-refractivity contribution is 6.04. The van der Waals surface area contributed by atoms with E-state index in [9.17, 15) is 9.59 Å². The lowest BCUT2D eigenvalue weighted by molar-refractivity contribution is -0.131. The number of aromatic amines is 1. The molecule has 28 heavy (non-hydrogen) atoms. The average molecular weight is 382 g/mol. The lowest BCUT2D eigenvalue weighted by Crippen LogP contribution is -2.61. The van der Waals surface area contributed by atoms with Gasteiger partial charge in [0.1, 0.15) is 11.3 Å². The van der Waals surface area contributed by atoms with Crippen molar-refractivity contribution in [3.63, 3.8) is 0 Å². The van der Waals surface area contributed by atoms with Crippen LogP contribution in [0.2, 0.25) is 0 Å². The minimum atomic E-state index is -0.360. The minimum Gasteiger partial charge on any atom is -0.351 e. The molecule has 3 heterocycles. The van der Waals surface area contributed by atoms with Gasteiger partial charge < -0.3 is 20.1 Å². The van der Waals surface area contributed by atoms with E-state index in [1.54, 1.807) is 12.4 Å². The third-order valence-electron chi connectivity index (χ3n) is 5.71. The molecule has 2 aromatic rings. The van der Waals surface area contributed by atoms with Crippen LogP contribution in [0.5, 0.6) is 0 Å². The number of hydrogen-bond donors (Lipinski definition) is 2. The number of anilines is 1. The maximum absolute atomic E-state index is 12.6. The van der Waals surface area contributed by atoms with E-state index in [1.165, 1.54) is 6.08 Å². The molecule has 2 aliphatic rings. The van der Waals surface area contributed by atoms with Crippen LogP contribution in [0.15, 0.2) is 25.0 Å². The largest absolute Gasteiger partial charge is 0.351 e. The van der Waals surface area contributed by atoms with Crippen LogP contribution in [-0.4, -0.2) is 62.9 Å². The fourth-order valence-electron chi connectivity index (χ4n) is 3.85. The molecule has 148 valence electrons. The summed E-state index contributed by atoms with van der Waals surface area (Å²) in [7, 11) is 0. The van der Waals surface area contributed by atoms with Crippen molar-refractivity contribution < 1.29 is 9.59 Å². The van der Waals surface area contributed by atoms with Crippen LogP contribution in [0.25, 0.3) is 11.2 Å². The number of piperazine rings is 1. The summed E-state index contributed by atoms with van der Waals surface area (Å²) >= 11 is 0. The van der Waals surface area contributed by atoms with Gasteiger partial charge in [-0.05, 0) is 32.3 Å². The Bertz CT molecular complexity index is 949. The van der Waals surface area contributed by atoms with Gasteiger partial charge >= 0.3 is 0 Å². The highest BCUT2D eigenvalue weighted by Gasteiger charge is 2.37. The third-order valence-corrected chi connectivity index (χ3v) is 5.71. The number of carbonyl (C=O) groups excluding carboxylic acids is 2. The molecule has 0 radical (unpaired) electrons. The highest BCUT2D eigenvalue weighted by atomic mass is 16.2. The van der Waals surface area contributed by atoms with Crippen LogP contribution < -0.4 is 10.2 Å². The topological polar surface area (TPSA) is 94.2 Å². The molecule has 1 saturated carbocycles. The Morgan fingerprint density at radius 2 is 2.14 bits per heavy atom. The van der Waals surface area contributed by atoms with E-state index in [-0.39, 0.29) is 23.4 Å². The Balaban J connectivity index is 1.58.